The molecular formula is C22H22Cl2Zr-2. The molecule has 2 aromatic carbocycles. The fourth-order valence-corrected chi connectivity index (χ4v) is 2.73. The van der Waals surface area contributed by atoms with Crippen LogP contribution in [0, 0.1) is 26.0 Å². The summed E-state index contributed by atoms with van der Waals surface area (Å²) < 4.78 is 1.89. The first-order valence-corrected chi connectivity index (χ1v) is 16.1. The summed E-state index contributed by atoms with van der Waals surface area (Å²) in [6.07, 6.45) is 12.6. The van der Waals surface area contributed by atoms with E-state index in [4.69, 9.17) is 17.0 Å². The monoisotopic (exact) mass is 446 g/mol. The summed E-state index contributed by atoms with van der Waals surface area (Å²) in [5.74, 6) is 0. The molecule has 2 aliphatic rings. The van der Waals surface area contributed by atoms with Gasteiger partial charge in [0, 0.05) is 0 Å². The van der Waals surface area contributed by atoms with Crippen molar-refractivity contribution in [2.45, 2.75) is 33.6 Å². The number of rotatable bonds is 0. The Morgan fingerprint density at radius 3 is 1.56 bits per heavy atom. The van der Waals surface area contributed by atoms with Gasteiger partial charge in [-0.2, -0.15) is 11.1 Å². The van der Waals surface area contributed by atoms with Crippen molar-refractivity contribution < 1.29 is 18.9 Å². The fraction of sp³-hybridized carbons (Fsp3) is 0.227. The molecule has 0 saturated carbocycles. The Kier molecular flexibility index (Phi) is 8.57. The summed E-state index contributed by atoms with van der Waals surface area (Å²) in [5.41, 5.74) is 8.31. The Morgan fingerprint density at radius 2 is 1.24 bits per heavy atom. The largest absolute Gasteiger partial charge is 0.272 e. The molecule has 0 heterocycles. The van der Waals surface area contributed by atoms with Crippen molar-refractivity contribution in [2.24, 2.45) is 0 Å². The number of hydrogen-bond donors (Lipinski definition) is 0. The van der Waals surface area contributed by atoms with Crippen LogP contribution in [0.15, 0.2) is 36.4 Å². The second-order valence-electron chi connectivity index (χ2n) is 5.92. The minimum absolute atomic E-state index is 0.997. The molecular weight excluding hydrogens is 426 g/mol. The molecule has 0 unspecified atom stereocenters. The summed E-state index contributed by atoms with van der Waals surface area (Å²) in [4.78, 5) is 0. The minimum atomic E-state index is -1.76. The van der Waals surface area contributed by atoms with Gasteiger partial charge in [0.2, 0.25) is 0 Å². The molecule has 4 rings (SSSR count). The predicted octanol–water partition coefficient (Wildman–Crippen LogP) is 6.47. The summed E-state index contributed by atoms with van der Waals surface area (Å²) in [5, 5.41) is 0. The summed E-state index contributed by atoms with van der Waals surface area (Å²) >= 11 is -1.76. The van der Waals surface area contributed by atoms with E-state index in [1.165, 1.54) is 33.4 Å². The van der Waals surface area contributed by atoms with Crippen LogP contribution in [-0.2, 0) is 31.7 Å². The van der Waals surface area contributed by atoms with Crippen LogP contribution in [0.4, 0.5) is 0 Å². The molecule has 0 radical (unpaired) electrons. The van der Waals surface area contributed by atoms with Crippen molar-refractivity contribution in [2.75, 3.05) is 0 Å². The van der Waals surface area contributed by atoms with Gasteiger partial charge in [0.25, 0.3) is 0 Å². The zero-order chi connectivity index (χ0) is 18.2. The molecule has 0 amide bonds. The third kappa shape index (κ3) is 6.17. The van der Waals surface area contributed by atoms with Gasteiger partial charge in [0.1, 0.15) is 0 Å². The van der Waals surface area contributed by atoms with Gasteiger partial charge in [-0.3, -0.25) is 12.2 Å². The topological polar surface area (TPSA) is 0 Å². The molecule has 0 saturated heterocycles. The third-order valence-corrected chi connectivity index (χ3v) is 7.78. The van der Waals surface area contributed by atoms with Crippen LogP contribution in [0.3, 0.4) is 0 Å². The summed E-state index contributed by atoms with van der Waals surface area (Å²) in [7, 11) is 10.7. The van der Waals surface area contributed by atoms with Crippen molar-refractivity contribution in [1.29, 1.82) is 0 Å². The maximum atomic E-state index is 5.37. The predicted molar refractivity (Wildman–Crippen MR) is 109 cm³/mol. The molecule has 0 aromatic heterocycles. The molecule has 3 heteroatoms. The fourth-order valence-electron chi connectivity index (χ4n) is 2.73. The quantitative estimate of drug-likeness (QED) is 0.405. The average Bonchev–Trinajstić information content (AvgIpc) is 3.26. The summed E-state index contributed by atoms with van der Waals surface area (Å²) in [6, 6.07) is 12.8. The van der Waals surface area contributed by atoms with Gasteiger partial charge in [-0.1, -0.05) is 50.2 Å². The number of aryl methyl sites for hydroxylation is 2. The molecule has 2 aromatic rings. The third-order valence-electron chi connectivity index (χ3n) is 4.12. The van der Waals surface area contributed by atoms with Gasteiger partial charge in [0.15, 0.2) is 0 Å². The van der Waals surface area contributed by atoms with Crippen molar-refractivity contribution in [3.8, 4) is 0 Å². The van der Waals surface area contributed by atoms with E-state index in [-0.39, 0.29) is 0 Å². The zero-order valence-electron chi connectivity index (χ0n) is 14.9. The first-order chi connectivity index (χ1) is 12.0. The van der Waals surface area contributed by atoms with E-state index in [1.807, 2.05) is 10.6 Å². The molecule has 0 bridgehead atoms. The number of allylic oxidation sites excluding steroid dienone is 2. The molecule has 0 aliphatic heterocycles. The van der Waals surface area contributed by atoms with E-state index in [0.717, 1.165) is 12.8 Å². The van der Waals surface area contributed by atoms with Crippen LogP contribution in [-0.4, -0.2) is 3.71 Å². The van der Waals surface area contributed by atoms with Crippen LogP contribution in [0.5, 0.6) is 0 Å². The molecule has 130 valence electrons. The van der Waals surface area contributed by atoms with E-state index < -0.39 is 18.9 Å². The van der Waals surface area contributed by atoms with Crippen LogP contribution in [0.1, 0.15) is 40.3 Å². The van der Waals surface area contributed by atoms with E-state index >= 15 is 0 Å². The van der Waals surface area contributed by atoms with Crippen molar-refractivity contribution >= 4 is 32.9 Å². The number of fused-ring (bicyclic) bond motifs is 2. The smallest absolute Gasteiger partial charge is 0.0561 e. The summed E-state index contributed by atoms with van der Waals surface area (Å²) in [6.45, 7) is 6.18. The normalized spacial score (nSPS) is 12.4. The van der Waals surface area contributed by atoms with Crippen molar-refractivity contribution in [1.82, 2.24) is 0 Å². The van der Waals surface area contributed by atoms with Gasteiger partial charge < -0.3 is 0 Å². The standard InChI is InChI=1S/2C10H9.C2H4.2ClH.Zr/c2*1-8-4-2-5-9-6-3-7-10(8)9;1-2;;;/h2*2,4-5,7H,6H2,1H3;1H,2H3;2*1H;/q2*-1;;;;+2/p-2. The van der Waals surface area contributed by atoms with Crippen LogP contribution >= 0.6 is 17.0 Å². The molecule has 0 atom stereocenters. The molecule has 25 heavy (non-hydrogen) atoms. The second-order valence-corrected chi connectivity index (χ2v) is 14.7. The van der Waals surface area contributed by atoms with E-state index in [0.29, 0.717) is 0 Å². The first-order valence-electron chi connectivity index (χ1n) is 8.30. The van der Waals surface area contributed by atoms with Crippen LogP contribution < -0.4 is 0 Å². The Hall–Kier alpha value is -0.747. The van der Waals surface area contributed by atoms with Crippen LogP contribution in [0.2, 0.25) is 0 Å². The number of halogens is 2. The maximum Gasteiger partial charge on any atom is -0.0561 e. The Bertz CT molecular complexity index is 751. The SMILES string of the molecule is C[CH]=[Zr]([Cl])[Cl].Cc1cccc2c1C=[C-]C2.Cc1cccc2c1C=[C-]C2. The molecule has 0 N–H and O–H groups in total. The second kappa shape index (κ2) is 10.4. The van der Waals surface area contributed by atoms with Gasteiger partial charge in [-0.05, 0) is 0 Å². The molecule has 0 spiro atoms. The molecule has 2 aliphatic carbocycles. The molecule has 0 nitrogen and oxygen atoms in total. The van der Waals surface area contributed by atoms with Gasteiger partial charge in [-0.25, -0.2) is 12.2 Å². The number of hydrogen-bond acceptors (Lipinski definition) is 0. The van der Waals surface area contributed by atoms with E-state index in [2.05, 4.69) is 74.5 Å². The molecule has 0 fully saturated rings. The van der Waals surface area contributed by atoms with Gasteiger partial charge in [-0.15, -0.1) is 35.1 Å². The Balaban J connectivity index is 0.000000144. The first kappa shape index (κ1) is 20.6. The minimum Gasteiger partial charge on any atom is -0.272 e. The maximum absolute atomic E-state index is 5.37. The average molecular weight is 449 g/mol. The van der Waals surface area contributed by atoms with Gasteiger partial charge in [0.05, 0.1) is 0 Å². The van der Waals surface area contributed by atoms with Crippen LogP contribution in [0.25, 0.3) is 12.2 Å². The van der Waals surface area contributed by atoms with Crippen molar-refractivity contribution in [3.63, 3.8) is 0 Å². The van der Waals surface area contributed by atoms with Gasteiger partial charge >= 0.3 is 46.5 Å². The number of benzene rings is 2. The zero-order valence-corrected chi connectivity index (χ0v) is 18.8. The van der Waals surface area contributed by atoms with E-state index in [9.17, 15) is 0 Å². The van der Waals surface area contributed by atoms with Crippen molar-refractivity contribution in [3.05, 3.63) is 81.9 Å². The Morgan fingerprint density at radius 1 is 0.840 bits per heavy atom. The van der Waals surface area contributed by atoms with E-state index in [1.54, 1.807) is 0 Å². The Labute approximate surface area is 166 Å².